The normalized spacial score (nSPS) is 15.3. The average molecular weight is 421 g/mol. The monoisotopic (exact) mass is 420 g/mol. The molecule has 3 aromatic carbocycles. The van der Waals surface area contributed by atoms with Crippen LogP contribution in [-0.2, 0) is 0 Å². The Hall–Kier alpha value is -2.92. The molecule has 0 N–H and O–H groups in total. The fraction of sp³-hybridized carbons (Fsp3) is 0.0455. The first-order valence-corrected chi connectivity index (χ1v) is 9.34. The maximum absolute atomic E-state index is 13.0. The van der Waals surface area contributed by atoms with Crippen molar-refractivity contribution in [1.29, 1.82) is 0 Å². The topological polar surface area (TPSA) is 26.5 Å². The standard InChI is InChI=1S/C22H14BrFN2O/c23-20-13-26(22-11-14(21-12-25-21)1-10-19(20)22)16-4-8-18(9-5-16)27-17-6-2-15(24)3-7-17/h1-13,21H. The number of hydrogen-bond acceptors (Lipinski definition) is 2. The Labute approximate surface area is 163 Å². The number of ether oxygens (including phenoxy) is 1. The summed E-state index contributed by atoms with van der Waals surface area (Å²) >= 11 is 3.65. The molecule has 5 rings (SSSR count). The van der Waals surface area contributed by atoms with Crippen LogP contribution in [-0.4, -0.2) is 10.8 Å². The second kappa shape index (κ2) is 6.35. The van der Waals surface area contributed by atoms with Gasteiger partial charge in [0.15, 0.2) is 0 Å². The van der Waals surface area contributed by atoms with E-state index in [-0.39, 0.29) is 11.9 Å². The zero-order valence-corrected chi connectivity index (χ0v) is 15.7. The van der Waals surface area contributed by atoms with Crippen LogP contribution in [0, 0.1) is 5.82 Å². The van der Waals surface area contributed by atoms with Gasteiger partial charge in [0.1, 0.15) is 23.4 Å². The Morgan fingerprint density at radius 3 is 2.26 bits per heavy atom. The van der Waals surface area contributed by atoms with Crippen LogP contribution in [0.25, 0.3) is 16.6 Å². The van der Waals surface area contributed by atoms with Gasteiger partial charge in [-0.2, -0.15) is 0 Å². The Balaban J connectivity index is 1.47. The second-order valence-corrected chi connectivity index (χ2v) is 7.27. The van der Waals surface area contributed by atoms with Gasteiger partial charge in [-0.25, -0.2) is 4.39 Å². The van der Waals surface area contributed by atoms with Gasteiger partial charge in [0.2, 0.25) is 0 Å². The zero-order chi connectivity index (χ0) is 18.4. The summed E-state index contributed by atoms with van der Waals surface area (Å²) in [6, 6.07) is 20.5. The number of fused-ring (bicyclic) bond motifs is 1. The SMILES string of the molecule is Fc1ccc(Oc2ccc(-n3cc(Br)c4ccc(C5C=N5)cc43)cc2)cc1. The van der Waals surface area contributed by atoms with E-state index in [9.17, 15) is 4.39 Å². The van der Waals surface area contributed by atoms with Crippen LogP contribution in [0.2, 0.25) is 0 Å². The minimum Gasteiger partial charge on any atom is -0.457 e. The van der Waals surface area contributed by atoms with Crippen molar-refractivity contribution < 1.29 is 9.13 Å². The summed E-state index contributed by atoms with van der Waals surface area (Å²) in [6.07, 6.45) is 4.02. The summed E-state index contributed by atoms with van der Waals surface area (Å²) < 4.78 is 22.0. The van der Waals surface area contributed by atoms with Crippen molar-refractivity contribution in [3.05, 3.63) is 88.8 Å². The van der Waals surface area contributed by atoms with Gasteiger partial charge in [0, 0.05) is 28.0 Å². The quantitative estimate of drug-likeness (QED) is 0.372. The van der Waals surface area contributed by atoms with Crippen molar-refractivity contribution in [2.75, 3.05) is 0 Å². The molecule has 0 bridgehead atoms. The molecule has 1 aromatic heterocycles. The highest BCUT2D eigenvalue weighted by Crippen LogP contribution is 2.34. The van der Waals surface area contributed by atoms with Gasteiger partial charge in [0.25, 0.3) is 0 Å². The van der Waals surface area contributed by atoms with Crippen LogP contribution in [0.5, 0.6) is 11.5 Å². The molecule has 1 aliphatic rings. The third-order valence-electron chi connectivity index (χ3n) is 4.58. The molecule has 0 saturated carbocycles. The van der Waals surface area contributed by atoms with E-state index in [0.29, 0.717) is 11.5 Å². The molecule has 1 aliphatic heterocycles. The number of rotatable bonds is 4. The number of aromatic nitrogens is 1. The average Bonchev–Trinajstić information content (AvgIpc) is 3.49. The van der Waals surface area contributed by atoms with E-state index < -0.39 is 0 Å². The Morgan fingerprint density at radius 2 is 1.59 bits per heavy atom. The first kappa shape index (κ1) is 16.3. The summed E-state index contributed by atoms with van der Waals surface area (Å²) in [6.45, 7) is 0. The van der Waals surface area contributed by atoms with E-state index in [0.717, 1.165) is 21.1 Å². The van der Waals surface area contributed by atoms with Crippen molar-refractivity contribution in [3.8, 4) is 17.2 Å². The molecule has 1 unspecified atom stereocenters. The lowest BCUT2D eigenvalue weighted by atomic mass is 10.1. The fourth-order valence-corrected chi connectivity index (χ4v) is 3.67. The largest absolute Gasteiger partial charge is 0.457 e. The van der Waals surface area contributed by atoms with Crippen LogP contribution in [0.1, 0.15) is 11.6 Å². The molecule has 132 valence electrons. The highest BCUT2D eigenvalue weighted by Gasteiger charge is 2.18. The second-order valence-electron chi connectivity index (χ2n) is 6.42. The Bertz CT molecular complexity index is 1160. The molecule has 27 heavy (non-hydrogen) atoms. The molecule has 0 spiro atoms. The minimum absolute atomic E-state index is 0.225. The maximum atomic E-state index is 13.0. The fourth-order valence-electron chi connectivity index (χ4n) is 3.13. The van der Waals surface area contributed by atoms with Crippen molar-refractivity contribution in [2.24, 2.45) is 4.99 Å². The lowest BCUT2D eigenvalue weighted by Gasteiger charge is -2.09. The predicted octanol–water partition coefficient (Wildman–Crippen LogP) is 6.45. The molecule has 3 nitrogen and oxygen atoms in total. The molecule has 0 fully saturated rings. The van der Waals surface area contributed by atoms with Gasteiger partial charge < -0.3 is 9.30 Å². The van der Waals surface area contributed by atoms with E-state index in [1.54, 1.807) is 12.1 Å². The zero-order valence-electron chi connectivity index (χ0n) is 14.1. The lowest BCUT2D eigenvalue weighted by molar-refractivity contribution is 0.480. The molecule has 0 saturated heterocycles. The molecule has 4 aromatic rings. The Kier molecular flexibility index (Phi) is 3.83. The third kappa shape index (κ3) is 3.15. The molecule has 0 aliphatic carbocycles. The molecule has 0 radical (unpaired) electrons. The predicted molar refractivity (Wildman–Crippen MR) is 109 cm³/mol. The smallest absolute Gasteiger partial charge is 0.127 e. The molecule has 0 amide bonds. The van der Waals surface area contributed by atoms with Gasteiger partial charge >= 0.3 is 0 Å². The first-order chi connectivity index (χ1) is 13.2. The van der Waals surface area contributed by atoms with E-state index in [1.807, 2.05) is 30.5 Å². The molecule has 2 heterocycles. The highest BCUT2D eigenvalue weighted by atomic mass is 79.9. The molecule has 1 atom stereocenters. The van der Waals surface area contributed by atoms with Crippen LogP contribution in [0.4, 0.5) is 4.39 Å². The van der Waals surface area contributed by atoms with E-state index in [2.05, 4.69) is 49.9 Å². The summed E-state index contributed by atoms with van der Waals surface area (Å²) in [5, 5.41) is 1.16. The first-order valence-electron chi connectivity index (χ1n) is 8.55. The maximum Gasteiger partial charge on any atom is 0.127 e. The Morgan fingerprint density at radius 1 is 0.926 bits per heavy atom. The van der Waals surface area contributed by atoms with Gasteiger partial charge in [0.05, 0.1) is 5.52 Å². The molecular weight excluding hydrogens is 407 g/mol. The number of hydrogen-bond donors (Lipinski definition) is 0. The van der Waals surface area contributed by atoms with Crippen LogP contribution in [0.3, 0.4) is 0 Å². The van der Waals surface area contributed by atoms with Crippen molar-refractivity contribution in [1.82, 2.24) is 4.57 Å². The van der Waals surface area contributed by atoms with Crippen molar-refractivity contribution in [3.63, 3.8) is 0 Å². The summed E-state index contributed by atoms with van der Waals surface area (Å²) in [5.41, 5.74) is 3.36. The number of halogens is 2. The highest BCUT2D eigenvalue weighted by molar-refractivity contribution is 9.10. The summed E-state index contributed by atoms with van der Waals surface area (Å²) in [5.74, 6) is 1.03. The molecule has 5 heteroatoms. The minimum atomic E-state index is -0.279. The van der Waals surface area contributed by atoms with E-state index in [4.69, 9.17) is 4.74 Å². The third-order valence-corrected chi connectivity index (χ3v) is 5.22. The summed E-state index contributed by atoms with van der Waals surface area (Å²) in [4.78, 5) is 4.26. The van der Waals surface area contributed by atoms with Gasteiger partial charge in [-0.3, -0.25) is 4.99 Å². The van der Waals surface area contributed by atoms with Crippen LogP contribution < -0.4 is 4.74 Å². The lowest BCUT2D eigenvalue weighted by Crippen LogP contribution is -1.93. The van der Waals surface area contributed by atoms with E-state index in [1.165, 1.54) is 17.7 Å². The number of nitrogens with zero attached hydrogens (tertiary/aromatic N) is 2. The van der Waals surface area contributed by atoms with Gasteiger partial charge in [-0.05, 0) is 76.1 Å². The van der Waals surface area contributed by atoms with E-state index >= 15 is 0 Å². The van der Waals surface area contributed by atoms with Crippen LogP contribution in [0.15, 0.2) is 82.4 Å². The number of aliphatic imine (C=N–C) groups is 1. The van der Waals surface area contributed by atoms with Gasteiger partial charge in [-0.15, -0.1) is 0 Å². The van der Waals surface area contributed by atoms with Crippen LogP contribution >= 0.6 is 15.9 Å². The summed E-state index contributed by atoms with van der Waals surface area (Å²) in [7, 11) is 0. The van der Waals surface area contributed by atoms with Gasteiger partial charge in [-0.1, -0.05) is 12.1 Å². The van der Waals surface area contributed by atoms with Crippen molar-refractivity contribution >= 4 is 33.0 Å². The molecular formula is C22H14BrFN2O. The van der Waals surface area contributed by atoms with Crippen molar-refractivity contribution in [2.45, 2.75) is 6.04 Å². The number of benzene rings is 3.